The molecule has 9 heteroatoms. The summed E-state index contributed by atoms with van der Waals surface area (Å²) in [6.45, 7) is 3.26. The maximum Gasteiger partial charge on any atom is 0.323 e. The summed E-state index contributed by atoms with van der Waals surface area (Å²) < 4.78 is 25.5. The molecule has 0 aliphatic carbocycles. The molecule has 2 amide bonds. The molecule has 0 fully saturated rings. The minimum absolute atomic E-state index is 0.120. The first kappa shape index (κ1) is 23.1. The second-order valence-corrected chi connectivity index (χ2v) is 8.26. The van der Waals surface area contributed by atoms with Crippen molar-refractivity contribution in [3.05, 3.63) is 90.0 Å². The quantitative estimate of drug-likeness (QED) is 0.306. The van der Waals surface area contributed by atoms with Crippen LogP contribution in [0.1, 0.15) is 17.5 Å². The first-order valence-corrected chi connectivity index (χ1v) is 11.5. The second-order valence-electron chi connectivity index (χ2n) is 8.26. The molecule has 0 spiro atoms. The molecule has 0 bridgehead atoms. The number of hydrogen-bond donors (Lipinski definition) is 3. The van der Waals surface area contributed by atoms with Gasteiger partial charge in [-0.1, -0.05) is 6.07 Å². The summed E-state index contributed by atoms with van der Waals surface area (Å²) in [5.41, 5.74) is 3.92. The molecule has 0 saturated heterocycles. The second kappa shape index (κ2) is 10.3. The number of urea groups is 1. The molecule has 1 aliphatic rings. The van der Waals surface area contributed by atoms with Gasteiger partial charge in [0, 0.05) is 37.1 Å². The van der Waals surface area contributed by atoms with Crippen molar-refractivity contribution in [2.24, 2.45) is 4.99 Å². The Morgan fingerprint density at radius 1 is 1.06 bits per heavy atom. The third-order valence-electron chi connectivity index (χ3n) is 5.45. The fourth-order valence-electron chi connectivity index (χ4n) is 3.68. The number of H-pyrrole nitrogens is 1. The molecule has 2 aromatic heterocycles. The van der Waals surface area contributed by atoms with Crippen LogP contribution in [0.25, 0.3) is 11.4 Å². The molecule has 3 heterocycles. The average Bonchev–Trinajstić information content (AvgIpc) is 3.39. The van der Waals surface area contributed by atoms with E-state index < -0.39 is 11.8 Å². The Bertz CT molecular complexity index is 1420. The number of amides is 2. The van der Waals surface area contributed by atoms with Crippen LogP contribution < -0.4 is 15.4 Å². The number of carbonyl (C=O) groups is 1. The first-order chi connectivity index (χ1) is 17.5. The molecule has 0 saturated carbocycles. The van der Waals surface area contributed by atoms with E-state index in [2.05, 4.69) is 25.6 Å². The van der Waals surface area contributed by atoms with Gasteiger partial charge in [-0.3, -0.25) is 9.98 Å². The smallest absolute Gasteiger partial charge is 0.323 e. The number of halogens is 1. The number of aliphatic imine (C=N–C) groups is 1. The van der Waals surface area contributed by atoms with E-state index in [4.69, 9.17) is 9.47 Å². The molecule has 182 valence electrons. The molecule has 2 aromatic carbocycles. The van der Waals surface area contributed by atoms with Gasteiger partial charge in [-0.25, -0.2) is 9.18 Å². The van der Waals surface area contributed by atoms with Crippen LogP contribution in [0.5, 0.6) is 11.5 Å². The van der Waals surface area contributed by atoms with Crippen LogP contribution in [0.4, 0.5) is 20.6 Å². The molecule has 4 aromatic rings. The molecule has 0 atom stereocenters. The molecule has 1 aliphatic heterocycles. The zero-order valence-corrected chi connectivity index (χ0v) is 19.5. The van der Waals surface area contributed by atoms with Crippen LogP contribution in [-0.2, 0) is 4.74 Å². The summed E-state index contributed by atoms with van der Waals surface area (Å²) in [5.74, 6) is 1.33. The number of hydrogen-bond acceptors (Lipinski definition) is 5. The van der Waals surface area contributed by atoms with E-state index in [0.29, 0.717) is 35.4 Å². The van der Waals surface area contributed by atoms with Crippen LogP contribution >= 0.6 is 0 Å². The average molecular weight is 486 g/mol. The lowest BCUT2D eigenvalue weighted by molar-refractivity contribution is 0.262. The number of pyridine rings is 1. The molecular formula is C27H24FN5O3. The van der Waals surface area contributed by atoms with Gasteiger partial charge in [-0.15, -0.1) is 0 Å². The maximum absolute atomic E-state index is 13.9. The Balaban J connectivity index is 1.22. The van der Waals surface area contributed by atoms with Gasteiger partial charge in [0.1, 0.15) is 17.3 Å². The third kappa shape index (κ3) is 5.52. The molecule has 5 rings (SSSR count). The van der Waals surface area contributed by atoms with Crippen LogP contribution in [0, 0.1) is 12.7 Å². The number of aromatic nitrogens is 2. The van der Waals surface area contributed by atoms with Crippen molar-refractivity contribution in [1.29, 1.82) is 0 Å². The Morgan fingerprint density at radius 2 is 1.92 bits per heavy atom. The predicted molar refractivity (Wildman–Crippen MR) is 136 cm³/mol. The van der Waals surface area contributed by atoms with E-state index >= 15 is 0 Å². The van der Waals surface area contributed by atoms with E-state index in [1.807, 2.05) is 25.3 Å². The van der Waals surface area contributed by atoms with Crippen LogP contribution in [-0.4, -0.2) is 35.0 Å². The van der Waals surface area contributed by atoms with Gasteiger partial charge >= 0.3 is 6.03 Å². The summed E-state index contributed by atoms with van der Waals surface area (Å²) >= 11 is 0. The molecule has 36 heavy (non-hydrogen) atoms. The highest BCUT2D eigenvalue weighted by Gasteiger charge is 2.13. The molecule has 0 unspecified atom stereocenters. The largest absolute Gasteiger partial charge is 0.477 e. The number of benzene rings is 2. The number of ether oxygens (including phenoxy) is 2. The highest BCUT2D eigenvalue weighted by atomic mass is 19.1. The Morgan fingerprint density at radius 3 is 2.72 bits per heavy atom. The molecule has 0 radical (unpaired) electrons. The highest BCUT2D eigenvalue weighted by Crippen LogP contribution is 2.27. The van der Waals surface area contributed by atoms with Crippen molar-refractivity contribution in [1.82, 2.24) is 9.97 Å². The van der Waals surface area contributed by atoms with E-state index in [1.54, 1.807) is 48.7 Å². The van der Waals surface area contributed by atoms with Crippen molar-refractivity contribution in [3.8, 4) is 22.9 Å². The molecular weight excluding hydrogens is 461 g/mol. The van der Waals surface area contributed by atoms with E-state index in [0.717, 1.165) is 29.8 Å². The first-order valence-electron chi connectivity index (χ1n) is 11.5. The predicted octanol–water partition coefficient (Wildman–Crippen LogP) is 6.13. The van der Waals surface area contributed by atoms with Crippen molar-refractivity contribution in [2.45, 2.75) is 13.3 Å². The minimum atomic E-state index is -0.540. The number of anilines is 2. The zero-order chi connectivity index (χ0) is 24.9. The number of carbonyl (C=O) groups excluding carboxylic acids is 1. The van der Waals surface area contributed by atoms with Gasteiger partial charge in [0.05, 0.1) is 29.2 Å². The van der Waals surface area contributed by atoms with Gasteiger partial charge in [0.2, 0.25) is 5.90 Å². The minimum Gasteiger partial charge on any atom is -0.477 e. The van der Waals surface area contributed by atoms with Gasteiger partial charge in [-0.05, 0) is 61.0 Å². The van der Waals surface area contributed by atoms with E-state index in [1.165, 1.54) is 6.07 Å². The number of aryl methyl sites for hydroxylation is 1. The summed E-state index contributed by atoms with van der Waals surface area (Å²) in [6, 6.07) is 16.4. The summed E-state index contributed by atoms with van der Waals surface area (Å²) in [4.78, 5) is 24.3. The van der Waals surface area contributed by atoms with Crippen LogP contribution in [0.3, 0.4) is 0 Å². The SMILES string of the molecule is Cc1ccc(F)c(NC(=O)Nc2ccc(Oc3ccnc(-c4cc(C5=NCCCO5)c[nH]4)c3)cc2)c1. The van der Waals surface area contributed by atoms with Gasteiger partial charge < -0.3 is 25.1 Å². The summed E-state index contributed by atoms with van der Waals surface area (Å²) in [5, 5.41) is 5.20. The highest BCUT2D eigenvalue weighted by molar-refractivity contribution is 6.00. The van der Waals surface area contributed by atoms with Gasteiger partial charge in [0.15, 0.2) is 0 Å². The van der Waals surface area contributed by atoms with E-state index in [9.17, 15) is 9.18 Å². The van der Waals surface area contributed by atoms with Crippen molar-refractivity contribution >= 4 is 23.3 Å². The maximum atomic E-state index is 13.9. The van der Waals surface area contributed by atoms with Crippen molar-refractivity contribution in [2.75, 3.05) is 23.8 Å². The fourth-order valence-corrected chi connectivity index (χ4v) is 3.68. The number of nitrogens with zero attached hydrogens (tertiary/aromatic N) is 2. The number of rotatable bonds is 6. The lowest BCUT2D eigenvalue weighted by atomic mass is 10.2. The Labute approximate surface area is 207 Å². The standard InChI is InChI=1S/C27H24FN5O3/c1-17-3-8-22(28)23(13-17)33-27(34)32-19-4-6-20(7-5-19)36-21-9-11-29-25(15-21)24-14-18(16-31-24)26-30-10-2-12-35-26/h3-9,11,13-16,31H,2,10,12H2,1H3,(H2,32,33,34). The van der Waals surface area contributed by atoms with Crippen molar-refractivity contribution in [3.63, 3.8) is 0 Å². The Kier molecular flexibility index (Phi) is 6.61. The zero-order valence-electron chi connectivity index (χ0n) is 19.5. The summed E-state index contributed by atoms with van der Waals surface area (Å²) in [7, 11) is 0. The Hall–Kier alpha value is -4.66. The molecule has 8 nitrogen and oxygen atoms in total. The topological polar surface area (TPSA) is 101 Å². The normalized spacial score (nSPS) is 12.9. The number of nitrogens with one attached hydrogen (secondary N) is 3. The van der Waals surface area contributed by atoms with Gasteiger partial charge in [-0.2, -0.15) is 0 Å². The summed E-state index contributed by atoms with van der Waals surface area (Å²) in [6.07, 6.45) is 4.45. The fraction of sp³-hybridized carbons (Fsp3) is 0.148. The third-order valence-corrected chi connectivity index (χ3v) is 5.45. The monoisotopic (exact) mass is 485 g/mol. The van der Waals surface area contributed by atoms with Crippen LogP contribution in [0.15, 0.2) is 78.0 Å². The van der Waals surface area contributed by atoms with Crippen molar-refractivity contribution < 1.29 is 18.7 Å². The lowest BCUT2D eigenvalue weighted by Gasteiger charge is -2.11. The van der Waals surface area contributed by atoms with Crippen LogP contribution in [0.2, 0.25) is 0 Å². The molecule has 3 N–H and O–H groups in total. The lowest BCUT2D eigenvalue weighted by Crippen LogP contribution is -2.20. The van der Waals surface area contributed by atoms with E-state index in [-0.39, 0.29) is 5.69 Å². The van der Waals surface area contributed by atoms with Gasteiger partial charge in [0.25, 0.3) is 0 Å². The number of aromatic amines is 1.